The Labute approximate surface area is 132 Å². The van der Waals surface area contributed by atoms with E-state index in [0.29, 0.717) is 18.7 Å². The van der Waals surface area contributed by atoms with E-state index in [0.717, 1.165) is 5.19 Å². The summed E-state index contributed by atoms with van der Waals surface area (Å²) in [6, 6.07) is 18.7. The highest BCUT2D eigenvalue weighted by molar-refractivity contribution is 6.86. The van der Waals surface area contributed by atoms with Crippen molar-refractivity contribution in [3.63, 3.8) is 0 Å². The van der Waals surface area contributed by atoms with E-state index in [-0.39, 0.29) is 0 Å². The van der Waals surface area contributed by atoms with Crippen LogP contribution in [0.3, 0.4) is 0 Å². The Bertz CT molecular complexity index is 536. The molecule has 0 aromatic heterocycles. The lowest BCUT2D eigenvalue weighted by Crippen LogP contribution is -2.56. The predicted octanol–water partition coefficient (Wildman–Crippen LogP) is 3.85. The molecule has 112 valence electrons. The average Bonchev–Trinajstić information content (AvgIpc) is 2.55. The molecule has 2 rings (SSSR count). The van der Waals surface area contributed by atoms with Crippen molar-refractivity contribution in [1.82, 2.24) is 0 Å². The smallest absolute Gasteiger partial charge is 0.387 e. The topological polar surface area (TPSA) is 18.5 Å². The fraction of sp³-hybridized carbons (Fsp3) is 0.294. The normalized spacial score (nSPS) is 11.6. The number of benzene rings is 2. The number of halogens is 1. The first-order chi connectivity index (χ1) is 10.3. The van der Waals surface area contributed by atoms with E-state index in [2.05, 4.69) is 36.4 Å². The zero-order valence-electron chi connectivity index (χ0n) is 12.5. The number of hydrogen-bond acceptors (Lipinski definition) is 2. The highest BCUT2D eigenvalue weighted by atomic mass is 35.5. The van der Waals surface area contributed by atoms with Gasteiger partial charge in [0.05, 0.1) is 5.50 Å². The highest BCUT2D eigenvalue weighted by Gasteiger charge is 2.38. The monoisotopic (exact) mass is 320 g/mol. The molecule has 0 aliphatic carbocycles. The van der Waals surface area contributed by atoms with Crippen molar-refractivity contribution in [3.05, 3.63) is 54.6 Å². The zero-order chi connectivity index (χ0) is 15.1. The summed E-state index contributed by atoms with van der Waals surface area (Å²) >= 11 is 6.18. The van der Waals surface area contributed by atoms with Gasteiger partial charge in [0.2, 0.25) is 0 Å². The summed E-state index contributed by atoms with van der Waals surface area (Å²) < 4.78 is 11.9. The number of hydrogen-bond donors (Lipinski definition) is 0. The van der Waals surface area contributed by atoms with Crippen molar-refractivity contribution in [3.8, 4) is 11.1 Å². The molecule has 0 aliphatic heterocycles. The lowest BCUT2D eigenvalue weighted by molar-refractivity contribution is 0.201. The largest absolute Gasteiger partial charge is 0.391 e. The lowest BCUT2D eigenvalue weighted by atomic mass is 10.1. The maximum atomic E-state index is 6.18. The molecule has 2 aromatic rings. The van der Waals surface area contributed by atoms with Crippen LogP contribution in [0.15, 0.2) is 54.6 Å². The van der Waals surface area contributed by atoms with E-state index in [1.165, 1.54) is 11.1 Å². The van der Waals surface area contributed by atoms with E-state index in [4.69, 9.17) is 20.5 Å². The summed E-state index contributed by atoms with van der Waals surface area (Å²) in [7, 11) is -2.50. The average molecular weight is 321 g/mol. The Morgan fingerprint density at radius 2 is 1.33 bits per heavy atom. The van der Waals surface area contributed by atoms with E-state index in [1.54, 1.807) is 0 Å². The quantitative estimate of drug-likeness (QED) is 0.570. The van der Waals surface area contributed by atoms with Crippen molar-refractivity contribution < 1.29 is 8.85 Å². The maximum absolute atomic E-state index is 6.18. The van der Waals surface area contributed by atoms with Gasteiger partial charge in [-0.15, -0.1) is 11.6 Å². The Morgan fingerprint density at radius 3 is 1.81 bits per heavy atom. The van der Waals surface area contributed by atoms with Gasteiger partial charge in [-0.3, -0.25) is 0 Å². The van der Waals surface area contributed by atoms with Crippen molar-refractivity contribution in [2.75, 3.05) is 18.7 Å². The molecule has 0 spiro atoms. The van der Waals surface area contributed by atoms with Gasteiger partial charge < -0.3 is 8.85 Å². The highest BCUT2D eigenvalue weighted by Crippen LogP contribution is 2.19. The van der Waals surface area contributed by atoms with Crippen molar-refractivity contribution >= 4 is 25.3 Å². The SMILES string of the molecule is CCO[Si](CCl)(OCC)c1ccc(-c2ccccc2)cc1. The summed E-state index contributed by atoms with van der Waals surface area (Å²) in [5, 5.41) is 1.08. The molecule has 0 radical (unpaired) electrons. The molecule has 0 aliphatic rings. The summed E-state index contributed by atoms with van der Waals surface area (Å²) in [4.78, 5) is 0. The first kappa shape index (κ1) is 16.2. The second-order valence-electron chi connectivity index (χ2n) is 4.70. The number of alkyl halides is 1. The van der Waals surface area contributed by atoms with Crippen LogP contribution in [-0.2, 0) is 8.85 Å². The van der Waals surface area contributed by atoms with Crippen LogP contribution in [0.1, 0.15) is 13.8 Å². The molecule has 0 fully saturated rings. The Balaban J connectivity index is 2.31. The van der Waals surface area contributed by atoms with Crippen molar-refractivity contribution in [2.45, 2.75) is 13.8 Å². The van der Waals surface area contributed by atoms with Crippen molar-refractivity contribution in [1.29, 1.82) is 0 Å². The van der Waals surface area contributed by atoms with E-state index in [1.807, 2.05) is 32.0 Å². The summed E-state index contributed by atoms with van der Waals surface area (Å²) in [6.45, 7) is 5.18. The predicted molar refractivity (Wildman–Crippen MR) is 91.2 cm³/mol. The van der Waals surface area contributed by atoms with Crippen LogP contribution in [-0.4, -0.2) is 27.3 Å². The minimum Gasteiger partial charge on any atom is -0.391 e. The second-order valence-corrected chi connectivity index (χ2v) is 8.43. The van der Waals surface area contributed by atoms with Crippen LogP contribution in [0.5, 0.6) is 0 Å². The fourth-order valence-electron chi connectivity index (χ4n) is 2.38. The summed E-state index contributed by atoms with van der Waals surface area (Å²) in [5.74, 6) is 0. The first-order valence-electron chi connectivity index (χ1n) is 7.25. The second kappa shape index (κ2) is 7.76. The molecule has 0 atom stereocenters. The minimum atomic E-state index is -2.50. The summed E-state index contributed by atoms with van der Waals surface area (Å²) in [5.41, 5.74) is 2.79. The lowest BCUT2D eigenvalue weighted by Gasteiger charge is -2.28. The molecule has 0 saturated carbocycles. The van der Waals surface area contributed by atoms with Gasteiger partial charge in [-0.05, 0) is 30.2 Å². The summed E-state index contributed by atoms with van der Waals surface area (Å²) in [6.07, 6.45) is 0. The molecular weight excluding hydrogens is 300 g/mol. The van der Waals surface area contributed by atoms with Gasteiger partial charge >= 0.3 is 8.56 Å². The molecule has 4 heteroatoms. The standard InChI is InChI=1S/C17H21ClO2Si/c1-3-19-21(14-18,20-4-2)17-12-10-16(11-13-17)15-8-6-5-7-9-15/h5-13H,3-4,14H2,1-2H3. The zero-order valence-corrected chi connectivity index (χ0v) is 14.3. The molecule has 0 saturated heterocycles. The van der Waals surface area contributed by atoms with Gasteiger partial charge in [-0.25, -0.2) is 0 Å². The molecule has 0 amide bonds. The maximum Gasteiger partial charge on any atom is 0.387 e. The molecule has 0 bridgehead atoms. The van der Waals surface area contributed by atoms with Gasteiger partial charge in [-0.1, -0.05) is 54.6 Å². The molecule has 2 nitrogen and oxygen atoms in total. The first-order valence-corrected chi connectivity index (χ1v) is 9.81. The molecule has 0 unspecified atom stereocenters. The van der Waals surface area contributed by atoms with Crippen LogP contribution < -0.4 is 5.19 Å². The third-order valence-corrected chi connectivity index (χ3v) is 7.49. The fourth-order valence-corrected chi connectivity index (χ4v) is 5.63. The van der Waals surface area contributed by atoms with Gasteiger partial charge in [0.25, 0.3) is 0 Å². The van der Waals surface area contributed by atoms with Crippen molar-refractivity contribution in [2.24, 2.45) is 0 Å². The van der Waals surface area contributed by atoms with Gasteiger partial charge in [0.1, 0.15) is 0 Å². The third-order valence-electron chi connectivity index (χ3n) is 3.36. The van der Waals surface area contributed by atoms with Crippen LogP contribution in [0.25, 0.3) is 11.1 Å². The Morgan fingerprint density at radius 1 is 0.810 bits per heavy atom. The van der Waals surface area contributed by atoms with Crippen LogP contribution in [0, 0.1) is 0 Å². The minimum absolute atomic E-state index is 0.402. The third kappa shape index (κ3) is 3.74. The molecule has 0 N–H and O–H groups in total. The molecule has 2 aromatic carbocycles. The van der Waals surface area contributed by atoms with Gasteiger partial charge in [-0.2, -0.15) is 0 Å². The van der Waals surface area contributed by atoms with Crippen LogP contribution in [0.2, 0.25) is 0 Å². The van der Waals surface area contributed by atoms with Crippen LogP contribution in [0.4, 0.5) is 0 Å². The van der Waals surface area contributed by atoms with E-state index < -0.39 is 8.56 Å². The number of rotatable bonds is 7. The Hall–Kier alpha value is -1.13. The molecule has 0 heterocycles. The van der Waals surface area contributed by atoms with Gasteiger partial charge in [0, 0.05) is 13.2 Å². The molecular formula is C17H21ClO2Si. The Kier molecular flexibility index (Phi) is 6.00. The van der Waals surface area contributed by atoms with Crippen LogP contribution >= 0.6 is 11.6 Å². The van der Waals surface area contributed by atoms with E-state index >= 15 is 0 Å². The molecule has 21 heavy (non-hydrogen) atoms. The van der Waals surface area contributed by atoms with E-state index in [9.17, 15) is 0 Å². The van der Waals surface area contributed by atoms with Gasteiger partial charge in [0.15, 0.2) is 0 Å².